The molecule has 1 heterocycles. The van der Waals surface area contributed by atoms with Gasteiger partial charge >= 0.3 is 0 Å². The molecule has 1 aliphatic heterocycles. The van der Waals surface area contributed by atoms with E-state index in [1.54, 1.807) is 0 Å². The van der Waals surface area contributed by atoms with Gasteiger partial charge in [-0.15, -0.1) is 0 Å². The van der Waals surface area contributed by atoms with Crippen molar-refractivity contribution in [3.63, 3.8) is 0 Å². The second-order valence-electron chi connectivity index (χ2n) is 3.12. The average Bonchev–Trinajstić information content (AvgIpc) is 2.26. The number of fused-ring (bicyclic) bond motifs is 1. The number of benzene rings is 1. The molecular formula is C11H13NO2. The van der Waals surface area contributed by atoms with E-state index in [0.717, 1.165) is 16.9 Å². The van der Waals surface area contributed by atoms with E-state index in [1.165, 1.54) is 0 Å². The first kappa shape index (κ1) is 9.24. The Hall–Kier alpha value is -1.32. The summed E-state index contributed by atoms with van der Waals surface area (Å²) in [6.07, 6.45) is 3.90. The Morgan fingerprint density at radius 3 is 3.21 bits per heavy atom. The van der Waals surface area contributed by atoms with Gasteiger partial charge in [-0.3, -0.25) is 0 Å². The highest BCUT2D eigenvalue weighted by atomic mass is 16.7. The molecule has 0 fully saturated rings. The predicted octanol–water partition coefficient (Wildman–Crippen LogP) is 1.53. The standard InChI is InChI=1S/C11H13NO2/c12-5-1-2-9-3-4-10-7-13-8-14-11(10)6-9/h1-4,6H,5,7-8,12H2/b2-1+. The van der Waals surface area contributed by atoms with Crippen LogP contribution in [0.3, 0.4) is 0 Å². The lowest BCUT2D eigenvalue weighted by atomic mass is 10.1. The highest BCUT2D eigenvalue weighted by Crippen LogP contribution is 2.25. The Kier molecular flexibility index (Phi) is 2.81. The van der Waals surface area contributed by atoms with Crippen molar-refractivity contribution in [2.75, 3.05) is 13.3 Å². The lowest BCUT2D eigenvalue weighted by molar-refractivity contribution is -0.0163. The van der Waals surface area contributed by atoms with Crippen molar-refractivity contribution in [2.24, 2.45) is 5.73 Å². The molecule has 14 heavy (non-hydrogen) atoms. The monoisotopic (exact) mass is 191 g/mol. The zero-order valence-electron chi connectivity index (χ0n) is 7.90. The molecular weight excluding hydrogens is 178 g/mol. The summed E-state index contributed by atoms with van der Waals surface area (Å²) in [6.45, 7) is 1.54. The van der Waals surface area contributed by atoms with Crippen molar-refractivity contribution in [1.29, 1.82) is 0 Å². The van der Waals surface area contributed by atoms with E-state index in [9.17, 15) is 0 Å². The van der Waals surface area contributed by atoms with Gasteiger partial charge in [-0.25, -0.2) is 0 Å². The topological polar surface area (TPSA) is 44.5 Å². The molecule has 0 atom stereocenters. The molecule has 1 aliphatic rings. The highest BCUT2D eigenvalue weighted by molar-refractivity contribution is 5.54. The third-order valence-electron chi connectivity index (χ3n) is 2.09. The third-order valence-corrected chi connectivity index (χ3v) is 2.09. The van der Waals surface area contributed by atoms with E-state index >= 15 is 0 Å². The van der Waals surface area contributed by atoms with Crippen LogP contribution >= 0.6 is 0 Å². The normalized spacial score (nSPS) is 15.2. The van der Waals surface area contributed by atoms with Crippen molar-refractivity contribution in [1.82, 2.24) is 0 Å². The second-order valence-corrected chi connectivity index (χ2v) is 3.12. The summed E-state index contributed by atoms with van der Waals surface area (Å²) in [4.78, 5) is 0. The molecule has 1 aromatic carbocycles. The van der Waals surface area contributed by atoms with Gasteiger partial charge in [0.1, 0.15) is 5.75 Å². The van der Waals surface area contributed by atoms with Crippen LogP contribution in [0.25, 0.3) is 6.08 Å². The predicted molar refractivity (Wildman–Crippen MR) is 54.8 cm³/mol. The maximum absolute atomic E-state index is 5.38. The molecule has 2 rings (SSSR count). The first-order valence-electron chi connectivity index (χ1n) is 4.60. The number of rotatable bonds is 2. The van der Waals surface area contributed by atoms with Crippen molar-refractivity contribution < 1.29 is 9.47 Å². The van der Waals surface area contributed by atoms with Gasteiger partial charge in [-0.2, -0.15) is 0 Å². The maximum atomic E-state index is 5.38. The van der Waals surface area contributed by atoms with Gasteiger partial charge < -0.3 is 15.2 Å². The molecule has 2 N–H and O–H groups in total. The number of hydrogen-bond donors (Lipinski definition) is 1. The Balaban J connectivity index is 2.24. The van der Waals surface area contributed by atoms with E-state index in [1.807, 2.05) is 30.4 Å². The van der Waals surface area contributed by atoms with Gasteiger partial charge in [0, 0.05) is 12.1 Å². The fourth-order valence-electron chi connectivity index (χ4n) is 1.39. The van der Waals surface area contributed by atoms with Crippen LogP contribution in [-0.4, -0.2) is 13.3 Å². The summed E-state index contributed by atoms with van der Waals surface area (Å²) >= 11 is 0. The third kappa shape index (κ3) is 1.95. The first-order valence-corrected chi connectivity index (χ1v) is 4.60. The Morgan fingerprint density at radius 2 is 2.36 bits per heavy atom. The molecule has 74 valence electrons. The fraction of sp³-hybridized carbons (Fsp3) is 0.273. The molecule has 0 saturated heterocycles. The molecule has 0 aliphatic carbocycles. The van der Waals surface area contributed by atoms with Crippen LogP contribution in [0.15, 0.2) is 24.3 Å². The Morgan fingerprint density at radius 1 is 1.43 bits per heavy atom. The first-order chi connectivity index (χ1) is 6.90. The van der Waals surface area contributed by atoms with Crippen LogP contribution in [0, 0.1) is 0 Å². The van der Waals surface area contributed by atoms with E-state index in [-0.39, 0.29) is 0 Å². The molecule has 0 aromatic heterocycles. The maximum Gasteiger partial charge on any atom is 0.189 e. The summed E-state index contributed by atoms with van der Waals surface area (Å²) in [6, 6.07) is 6.05. The van der Waals surface area contributed by atoms with Crippen LogP contribution in [-0.2, 0) is 11.3 Å². The Bertz CT molecular complexity index is 347. The quantitative estimate of drug-likeness (QED) is 0.770. The van der Waals surface area contributed by atoms with E-state index in [4.69, 9.17) is 15.2 Å². The molecule has 0 amide bonds. The van der Waals surface area contributed by atoms with Gasteiger partial charge in [0.05, 0.1) is 6.61 Å². The van der Waals surface area contributed by atoms with E-state index in [2.05, 4.69) is 0 Å². The van der Waals surface area contributed by atoms with Crippen LogP contribution in [0.5, 0.6) is 5.75 Å². The molecule has 0 unspecified atom stereocenters. The van der Waals surface area contributed by atoms with Crippen LogP contribution < -0.4 is 10.5 Å². The second kappa shape index (κ2) is 4.26. The number of nitrogens with two attached hydrogens (primary N) is 1. The van der Waals surface area contributed by atoms with Crippen molar-refractivity contribution in [3.8, 4) is 5.75 Å². The van der Waals surface area contributed by atoms with Gasteiger partial charge in [-0.1, -0.05) is 24.3 Å². The molecule has 3 heteroatoms. The fourth-order valence-corrected chi connectivity index (χ4v) is 1.39. The zero-order chi connectivity index (χ0) is 9.80. The van der Waals surface area contributed by atoms with Crippen molar-refractivity contribution in [2.45, 2.75) is 6.61 Å². The summed E-state index contributed by atoms with van der Waals surface area (Å²) in [5.74, 6) is 0.912. The summed E-state index contributed by atoms with van der Waals surface area (Å²) in [5.41, 5.74) is 7.58. The lowest BCUT2D eigenvalue weighted by Crippen LogP contribution is -2.11. The minimum absolute atomic E-state index is 0.344. The lowest BCUT2D eigenvalue weighted by Gasteiger charge is -2.17. The highest BCUT2D eigenvalue weighted by Gasteiger charge is 2.09. The van der Waals surface area contributed by atoms with Gasteiger partial charge in [0.25, 0.3) is 0 Å². The minimum atomic E-state index is 0.344. The number of hydrogen-bond acceptors (Lipinski definition) is 3. The largest absolute Gasteiger partial charge is 0.467 e. The molecule has 0 spiro atoms. The molecule has 0 saturated carbocycles. The SMILES string of the molecule is NC/C=C/c1ccc2c(c1)OCOC2. The minimum Gasteiger partial charge on any atom is -0.467 e. The zero-order valence-corrected chi connectivity index (χ0v) is 7.90. The van der Waals surface area contributed by atoms with Crippen molar-refractivity contribution >= 4 is 6.08 Å². The average molecular weight is 191 g/mol. The summed E-state index contributed by atoms with van der Waals surface area (Å²) in [7, 11) is 0. The van der Waals surface area contributed by atoms with Crippen LogP contribution in [0.1, 0.15) is 11.1 Å². The van der Waals surface area contributed by atoms with Gasteiger partial charge in [0.2, 0.25) is 0 Å². The summed E-state index contributed by atoms with van der Waals surface area (Å²) in [5, 5.41) is 0. The molecule has 0 bridgehead atoms. The smallest absolute Gasteiger partial charge is 0.189 e. The molecule has 0 radical (unpaired) electrons. The van der Waals surface area contributed by atoms with E-state index < -0.39 is 0 Å². The summed E-state index contributed by atoms with van der Waals surface area (Å²) < 4.78 is 10.5. The van der Waals surface area contributed by atoms with Gasteiger partial charge in [0.15, 0.2) is 6.79 Å². The molecule has 3 nitrogen and oxygen atoms in total. The van der Waals surface area contributed by atoms with Crippen molar-refractivity contribution in [3.05, 3.63) is 35.4 Å². The number of ether oxygens (including phenoxy) is 2. The van der Waals surface area contributed by atoms with Gasteiger partial charge in [-0.05, 0) is 11.6 Å². The van der Waals surface area contributed by atoms with E-state index in [0.29, 0.717) is 19.9 Å². The van der Waals surface area contributed by atoms with Crippen LogP contribution in [0.4, 0.5) is 0 Å². The Labute approximate surface area is 83.1 Å². The molecule has 1 aromatic rings. The van der Waals surface area contributed by atoms with Crippen LogP contribution in [0.2, 0.25) is 0 Å².